The molecule has 4 atom stereocenters. The Labute approximate surface area is 156 Å². The van der Waals surface area contributed by atoms with Gasteiger partial charge >= 0.3 is 12.0 Å². The summed E-state index contributed by atoms with van der Waals surface area (Å²) in [7, 11) is 1.54. The molecule has 2 rings (SSSR count). The van der Waals surface area contributed by atoms with Crippen molar-refractivity contribution >= 4 is 17.9 Å². The highest BCUT2D eigenvalue weighted by Gasteiger charge is 2.65. The Balaban J connectivity index is 2.46. The number of carbonyl (C=O) groups excluding carboxylic acids is 3. The van der Waals surface area contributed by atoms with Gasteiger partial charge in [-0.1, -0.05) is 20.8 Å². The first-order valence-electron chi connectivity index (χ1n) is 9.50. The zero-order valence-corrected chi connectivity index (χ0v) is 17.1. The number of amides is 3. The summed E-state index contributed by atoms with van der Waals surface area (Å²) in [6.07, 6.45) is 2.19. The molecule has 0 aromatic rings. The van der Waals surface area contributed by atoms with Crippen LogP contribution >= 0.6 is 0 Å². The molecule has 4 unspecified atom stereocenters. The molecule has 2 fully saturated rings. The Hall–Kier alpha value is -1.63. The van der Waals surface area contributed by atoms with Gasteiger partial charge in [-0.3, -0.25) is 19.4 Å². The number of likely N-dealkylation sites (N-methyl/N-ethyl adjacent to an activating group) is 1. The van der Waals surface area contributed by atoms with Crippen molar-refractivity contribution in [1.82, 2.24) is 15.1 Å². The summed E-state index contributed by atoms with van der Waals surface area (Å²) in [5.41, 5.74) is -1.51. The summed E-state index contributed by atoms with van der Waals surface area (Å²) in [6, 6.07) is -0.327. The lowest BCUT2D eigenvalue weighted by molar-refractivity contribution is -0.159. The van der Waals surface area contributed by atoms with Crippen LogP contribution in [0.5, 0.6) is 0 Å². The number of imide groups is 1. The van der Waals surface area contributed by atoms with E-state index >= 15 is 0 Å². The summed E-state index contributed by atoms with van der Waals surface area (Å²) >= 11 is 0. The standard InChI is InChI=1S/C19H33N3O4/c1-8-17(5)12-19(15(24)21(7)16(25)20-19)13(3)18(6,9-2)22(17)10-11-26-14(4)23/h13H,8-12H2,1-7H3,(H,20,25). The SMILES string of the molecule is CCC1(C)CC2(NC(=O)N(C)C2=O)C(C)C(C)(CC)N1CCOC(C)=O. The van der Waals surface area contributed by atoms with Crippen molar-refractivity contribution in [3.8, 4) is 0 Å². The van der Waals surface area contributed by atoms with E-state index in [1.54, 1.807) is 7.05 Å². The molecule has 0 aliphatic carbocycles. The summed E-state index contributed by atoms with van der Waals surface area (Å²) in [5.74, 6) is -0.518. The van der Waals surface area contributed by atoms with E-state index in [2.05, 4.69) is 44.8 Å². The monoisotopic (exact) mass is 367 g/mol. The molecule has 0 bridgehead atoms. The van der Waals surface area contributed by atoms with Crippen LogP contribution in [0.1, 0.15) is 60.8 Å². The van der Waals surface area contributed by atoms with Gasteiger partial charge in [-0.2, -0.15) is 0 Å². The Bertz CT molecular complexity index is 610. The number of hydrogen-bond acceptors (Lipinski definition) is 5. The Morgan fingerprint density at radius 2 is 1.88 bits per heavy atom. The number of urea groups is 1. The van der Waals surface area contributed by atoms with E-state index in [4.69, 9.17) is 4.74 Å². The van der Waals surface area contributed by atoms with Crippen molar-refractivity contribution < 1.29 is 19.1 Å². The zero-order valence-electron chi connectivity index (χ0n) is 17.1. The van der Waals surface area contributed by atoms with Gasteiger partial charge in [0, 0.05) is 37.5 Å². The van der Waals surface area contributed by atoms with E-state index in [9.17, 15) is 14.4 Å². The van der Waals surface area contributed by atoms with Crippen molar-refractivity contribution in [3.05, 3.63) is 0 Å². The summed E-state index contributed by atoms with van der Waals surface area (Å²) in [4.78, 5) is 40.1. The molecule has 7 nitrogen and oxygen atoms in total. The molecule has 2 heterocycles. The maximum absolute atomic E-state index is 13.1. The number of likely N-dealkylation sites (tertiary alicyclic amines) is 1. The van der Waals surface area contributed by atoms with Crippen LogP contribution in [0.4, 0.5) is 4.79 Å². The maximum Gasteiger partial charge on any atom is 0.324 e. The highest BCUT2D eigenvalue weighted by Crippen LogP contribution is 2.51. The second-order valence-corrected chi connectivity index (χ2v) is 8.22. The third-order valence-electron chi connectivity index (χ3n) is 7.02. The fraction of sp³-hybridized carbons (Fsp3) is 0.842. The number of nitrogens with zero attached hydrogens (tertiary/aromatic N) is 2. The average molecular weight is 367 g/mol. The van der Waals surface area contributed by atoms with Gasteiger partial charge in [-0.25, -0.2) is 4.79 Å². The lowest BCUT2D eigenvalue weighted by Crippen LogP contribution is -2.75. The van der Waals surface area contributed by atoms with Crippen molar-refractivity contribution in [3.63, 3.8) is 0 Å². The number of piperidine rings is 1. The van der Waals surface area contributed by atoms with Gasteiger partial charge < -0.3 is 10.1 Å². The number of esters is 1. The van der Waals surface area contributed by atoms with Gasteiger partial charge in [0.05, 0.1) is 0 Å². The molecular formula is C19H33N3O4. The Kier molecular flexibility index (Phi) is 5.43. The molecule has 2 aliphatic heterocycles. The number of hydrogen-bond donors (Lipinski definition) is 1. The molecule has 0 aromatic heterocycles. The van der Waals surface area contributed by atoms with Gasteiger partial charge in [-0.15, -0.1) is 0 Å². The summed E-state index contributed by atoms with van der Waals surface area (Å²) < 4.78 is 5.20. The highest BCUT2D eigenvalue weighted by atomic mass is 16.5. The van der Waals surface area contributed by atoms with Crippen LogP contribution in [0, 0.1) is 5.92 Å². The fourth-order valence-electron chi connectivity index (χ4n) is 4.98. The smallest absolute Gasteiger partial charge is 0.324 e. The molecule has 148 valence electrons. The largest absolute Gasteiger partial charge is 0.465 e. The van der Waals surface area contributed by atoms with E-state index in [0.717, 1.165) is 12.8 Å². The van der Waals surface area contributed by atoms with Gasteiger partial charge in [0.15, 0.2) is 0 Å². The molecule has 0 saturated carbocycles. The zero-order chi connectivity index (χ0) is 19.9. The molecule has 0 radical (unpaired) electrons. The normalized spacial score (nSPS) is 38.0. The molecular weight excluding hydrogens is 334 g/mol. The van der Waals surface area contributed by atoms with Crippen molar-refractivity contribution in [2.45, 2.75) is 77.4 Å². The van der Waals surface area contributed by atoms with Crippen LogP contribution in [0.2, 0.25) is 0 Å². The molecule has 2 aliphatic rings. The minimum Gasteiger partial charge on any atom is -0.465 e. The molecule has 3 amide bonds. The average Bonchev–Trinajstić information content (AvgIpc) is 2.80. The third-order valence-corrected chi connectivity index (χ3v) is 7.02. The van der Waals surface area contributed by atoms with Crippen LogP contribution in [0.3, 0.4) is 0 Å². The second kappa shape index (κ2) is 6.83. The Morgan fingerprint density at radius 3 is 2.31 bits per heavy atom. The summed E-state index contributed by atoms with van der Waals surface area (Å²) in [6.45, 7) is 12.9. The van der Waals surface area contributed by atoms with Gasteiger partial charge in [0.25, 0.3) is 5.91 Å². The van der Waals surface area contributed by atoms with Crippen LogP contribution in [-0.4, -0.2) is 64.5 Å². The fourth-order valence-corrected chi connectivity index (χ4v) is 4.98. The highest BCUT2D eigenvalue weighted by molar-refractivity contribution is 6.07. The lowest BCUT2D eigenvalue weighted by Gasteiger charge is -2.63. The molecule has 7 heteroatoms. The minimum absolute atomic E-state index is 0.0849. The van der Waals surface area contributed by atoms with E-state index < -0.39 is 5.54 Å². The first kappa shape index (κ1) is 20.7. The predicted molar refractivity (Wildman–Crippen MR) is 98.5 cm³/mol. The first-order chi connectivity index (χ1) is 12.0. The van der Waals surface area contributed by atoms with Crippen LogP contribution in [0.15, 0.2) is 0 Å². The molecule has 0 aromatic carbocycles. The molecule has 1 spiro atoms. The molecule has 2 saturated heterocycles. The lowest BCUT2D eigenvalue weighted by atomic mass is 9.60. The van der Waals surface area contributed by atoms with Crippen molar-refractivity contribution in [1.29, 1.82) is 0 Å². The summed E-state index contributed by atoms with van der Waals surface area (Å²) in [5, 5.41) is 3.02. The van der Waals surface area contributed by atoms with Crippen molar-refractivity contribution in [2.24, 2.45) is 5.92 Å². The Morgan fingerprint density at radius 1 is 1.27 bits per heavy atom. The number of carbonyl (C=O) groups is 3. The van der Waals surface area contributed by atoms with Crippen LogP contribution in [-0.2, 0) is 14.3 Å². The van der Waals surface area contributed by atoms with Crippen molar-refractivity contribution in [2.75, 3.05) is 20.2 Å². The quantitative estimate of drug-likeness (QED) is 0.595. The first-order valence-corrected chi connectivity index (χ1v) is 9.50. The number of nitrogens with one attached hydrogen (secondary N) is 1. The van der Waals surface area contributed by atoms with E-state index in [1.807, 2.05) is 0 Å². The molecule has 26 heavy (non-hydrogen) atoms. The minimum atomic E-state index is -0.890. The number of ether oxygens (including phenoxy) is 1. The third kappa shape index (κ3) is 2.90. The van der Waals surface area contributed by atoms with Crippen LogP contribution in [0.25, 0.3) is 0 Å². The van der Waals surface area contributed by atoms with Gasteiger partial charge in [-0.05, 0) is 33.1 Å². The van der Waals surface area contributed by atoms with E-state index in [1.165, 1.54) is 11.8 Å². The second-order valence-electron chi connectivity index (χ2n) is 8.22. The van der Waals surface area contributed by atoms with E-state index in [0.29, 0.717) is 19.6 Å². The maximum atomic E-state index is 13.1. The van der Waals surface area contributed by atoms with Crippen LogP contribution < -0.4 is 5.32 Å². The predicted octanol–water partition coefficient (Wildman–Crippen LogP) is 2.15. The van der Waals surface area contributed by atoms with Gasteiger partial charge in [0.1, 0.15) is 12.1 Å². The molecule has 1 N–H and O–H groups in total. The topological polar surface area (TPSA) is 79.0 Å². The number of rotatable bonds is 5. The van der Waals surface area contributed by atoms with Gasteiger partial charge in [0.2, 0.25) is 0 Å². The van der Waals surface area contributed by atoms with E-state index in [-0.39, 0.29) is 34.9 Å².